The fraction of sp³-hybridized carbons (Fsp3) is 0.571. The van der Waals surface area contributed by atoms with Crippen molar-refractivity contribution < 1.29 is 9.47 Å². The van der Waals surface area contributed by atoms with E-state index < -0.39 is 0 Å². The highest BCUT2D eigenvalue weighted by atomic mass is 16.5. The van der Waals surface area contributed by atoms with Gasteiger partial charge in [-0.05, 0) is 24.5 Å². The molecule has 1 N–H and O–H groups in total. The number of hydrogen-bond acceptors (Lipinski definition) is 3. The van der Waals surface area contributed by atoms with Crippen LogP contribution in [0.4, 0.5) is 0 Å². The molecule has 0 spiro atoms. The zero-order valence-electron chi connectivity index (χ0n) is 10.2. The van der Waals surface area contributed by atoms with Gasteiger partial charge in [0.05, 0.1) is 6.10 Å². The van der Waals surface area contributed by atoms with Crippen molar-refractivity contribution in [3.63, 3.8) is 0 Å². The maximum atomic E-state index is 5.89. The Bertz CT molecular complexity index is 363. The molecule has 1 saturated carbocycles. The maximum absolute atomic E-state index is 5.89. The molecule has 0 aromatic heterocycles. The van der Waals surface area contributed by atoms with Crippen molar-refractivity contribution in [3.8, 4) is 5.75 Å². The molecule has 3 nitrogen and oxygen atoms in total. The van der Waals surface area contributed by atoms with Gasteiger partial charge in [-0.2, -0.15) is 0 Å². The van der Waals surface area contributed by atoms with Crippen LogP contribution in [0.25, 0.3) is 0 Å². The molecule has 1 unspecified atom stereocenters. The lowest BCUT2D eigenvalue weighted by Gasteiger charge is -2.35. The zero-order valence-corrected chi connectivity index (χ0v) is 10.2. The Morgan fingerprint density at radius 2 is 2.18 bits per heavy atom. The third-order valence-electron chi connectivity index (χ3n) is 3.78. The van der Waals surface area contributed by atoms with E-state index >= 15 is 0 Å². The van der Waals surface area contributed by atoms with Gasteiger partial charge in [-0.15, -0.1) is 0 Å². The summed E-state index contributed by atoms with van der Waals surface area (Å²) in [6, 6.07) is 8.93. The summed E-state index contributed by atoms with van der Waals surface area (Å²) >= 11 is 0. The lowest BCUT2D eigenvalue weighted by Crippen LogP contribution is -2.47. The molecule has 1 fully saturated rings. The quantitative estimate of drug-likeness (QED) is 0.859. The summed E-state index contributed by atoms with van der Waals surface area (Å²) in [6.07, 6.45) is 4.07. The molecule has 3 heteroatoms. The van der Waals surface area contributed by atoms with Crippen molar-refractivity contribution in [3.05, 3.63) is 29.8 Å². The molecular weight excluding hydrogens is 214 g/mol. The highest BCUT2D eigenvalue weighted by Crippen LogP contribution is 2.28. The van der Waals surface area contributed by atoms with Crippen molar-refractivity contribution in [2.75, 3.05) is 13.7 Å². The molecule has 1 aromatic rings. The number of nitrogens with one attached hydrogen (secondary N) is 1. The number of benzene rings is 1. The number of ether oxygens (including phenoxy) is 2. The van der Waals surface area contributed by atoms with Crippen molar-refractivity contribution >= 4 is 0 Å². The molecule has 1 aromatic carbocycles. The van der Waals surface area contributed by atoms with Crippen LogP contribution in [0.3, 0.4) is 0 Å². The van der Waals surface area contributed by atoms with Gasteiger partial charge in [0.15, 0.2) is 0 Å². The Labute approximate surface area is 102 Å². The van der Waals surface area contributed by atoms with Crippen LogP contribution in [0.1, 0.15) is 18.4 Å². The van der Waals surface area contributed by atoms with Gasteiger partial charge in [-0.25, -0.2) is 0 Å². The Kier molecular flexibility index (Phi) is 3.04. The second-order valence-electron chi connectivity index (χ2n) is 4.99. The summed E-state index contributed by atoms with van der Waals surface area (Å²) < 4.78 is 11.2. The average Bonchev–Trinajstić information content (AvgIpc) is 2.69. The van der Waals surface area contributed by atoms with Crippen LogP contribution in [0.5, 0.6) is 5.75 Å². The lowest BCUT2D eigenvalue weighted by molar-refractivity contribution is 0.0151. The van der Waals surface area contributed by atoms with Crippen LogP contribution < -0.4 is 10.1 Å². The van der Waals surface area contributed by atoms with Crippen LogP contribution in [-0.2, 0) is 11.2 Å². The first-order chi connectivity index (χ1) is 8.35. The third-order valence-corrected chi connectivity index (χ3v) is 3.78. The molecule has 92 valence electrons. The Morgan fingerprint density at radius 3 is 2.94 bits per heavy atom. The molecule has 2 aliphatic rings. The average molecular weight is 233 g/mol. The molecule has 1 aliphatic heterocycles. The summed E-state index contributed by atoms with van der Waals surface area (Å²) in [5, 5.41) is 3.56. The molecule has 0 amide bonds. The minimum Gasteiger partial charge on any atom is -0.488 e. The van der Waals surface area contributed by atoms with Crippen molar-refractivity contribution in [1.29, 1.82) is 0 Å². The van der Waals surface area contributed by atoms with E-state index in [1.807, 2.05) is 6.07 Å². The molecule has 17 heavy (non-hydrogen) atoms. The lowest BCUT2D eigenvalue weighted by atomic mass is 9.89. The van der Waals surface area contributed by atoms with Gasteiger partial charge >= 0.3 is 0 Å². The van der Waals surface area contributed by atoms with Crippen LogP contribution in [0.2, 0.25) is 0 Å². The fourth-order valence-corrected chi connectivity index (χ4v) is 2.59. The zero-order chi connectivity index (χ0) is 11.7. The van der Waals surface area contributed by atoms with E-state index in [2.05, 4.69) is 23.5 Å². The smallest absolute Gasteiger partial charge is 0.123 e. The van der Waals surface area contributed by atoms with E-state index in [1.165, 1.54) is 5.56 Å². The first kappa shape index (κ1) is 11.1. The van der Waals surface area contributed by atoms with E-state index in [9.17, 15) is 0 Å². The minimum absolute atomic E-state index is 0.300. The fourth-order valence-electron chi connectivity index (χ4n) is 2.59. The van der Waals surface area contributed by atoms with E-state index in [4.69, 9.17) is 9.47 Å². The van der Waals surface area contributed by atoms with E-state index in [-0.39, 0.29) is 0 Å². The second kappa shape index (κ2) is 4.67. The number of para-hydroxylation sites is 1. The molecular formula is C14H19NO2. The molecule has 0 bridgehead atoms. The summed E-state index contributed by atoms with van der Waals surface area (Å²) in [7, 11) is 1.79. The summed E-state index contributed by atoms with van der Waals surface area (Å²) in [5.41, 5.74) is 1.34. The normalized spacial score (nSPS) is 30.5. The topological polar surface area (TPSA) is 30.5 Å². The predicted octanol–water partition coefficient (Wildman–Crippen LogP) is 1.76. The molecule has 1 atom stereocenters. The summed E-state index contributed by atoms with van der Waals surface area (Å²) in [4.78, 5) is 0. The SMILES string of the molecule is COC1CC(NCC2Cc3ccccc3O2)C1. The Hall–Kier alpha value is -1.06. The number of methoxy groups -OCH3 is 1. The second-order valence-corrected chi connectivity index (χ2v) is 4.99. The summed E-state index contributed by atoms with van der Waals surface area (Å²) in [6.45, 7) is 0.940. The Balaban J connectivity index is 1.44. The van der Waals surface area contributed by atoms with E-state index in [0.717, 1.165) is 31.6 Å². The van der Waals surface area contributed by atoms with Gasteiger partial charge in [-0.3, -0.25) is 0 Å². The van der Waals surface area contributed by atoms with Gasteiger partial charge in [-0.1, -0.05) is 18.2 Å². The van der Waals surface area contributed by atoms with Crippen LogP contribution >= 0.6 is 0 Å². The summed E-state index contributed by atoms with van der Waals surface area (Å²) in [5.74, 6) is 1.06. The standard InChI is InChI=1S/C14H19NO2/c1-16-12-7-11(8-12)15-9-13-6-10-4-2-3-5-14(10)17-13/h2-5,11-13,15H,6-9H2,1H3. The van der Waals surface area contributed by atoms with E-state index in [1.54, 1.807) is 7.11 Å². The van der Waals surface area contributed by atoms with Gasteiger partial charge < -0.3 is 14.8 Å². The first-order valence-corrected chi connectivity index (χ1v) is 6.36. The maximum Gasteiger partial charge on any atom is 0.123 e. The number of rotatable bonds is 4. The van der Waals surface area contributed by atoms with Gasteiger partial charge in [0.2, 0.25) is 0 Å². The predicted molar refractivity (Wildman–Crippen MR) is 66.4 cm³/mol. The van der Waals surface area contributed by atoms with Gasteiger partial charge in [0.25, 0.3) is 0 Å². The van der Waals surface area contributed by atoms with Gasteiger partial charge in [0.1, 0.15) is 11.9 Å². The molecule has 3 rings (SSSR count). The van der Waals surface area contributed by atoms with Crippen molar-refractivity contribution in [2.24, 2.45) is 0 Å². The highest BCUT2D eigenvalue weighted by Gasteiger charge is 2.30. The van der Waals surface area contributed by atoms with Crippen LogP contribution in [-0.4, -0.2) is 31.9 Å². The first-order valence-electron chi connectivity index (χ1n) is 6.36. The van der Waals surface area contributed by atoms with Crippen molar-refractivity contribution in [2.45, 2.75) is 37.5 Å². The molecule has 0 saturated heterocycles. The van der Waals surface area contributed by atoms with Crippen LogP contribution in [0, 0.1) is 0 Å². The molecule has 1 heterocycles. The minimum atomic E-state index is 0.300. The largest absolute Gasteiger partial charge is 0.488 e. The number of hydrogen-bond donors (Lipinski definition) is 1. The van der Waals surface area contributed by atoms with Crippen molar-refractivity contribution in [1.82, 2.24) is 5.32 Å². The monoisotopic (exact) mass is 233 g/mol. The molecule has 1 aliphatic carbocycles. The van der Waals surface area contributed by atoms with Crippen LogP contribution in [0.15, 0.2) is 24.3 Å². The Morgan fingerprint density at radius 1 is 1.35 bits per heavy atom. The highest BCUT2D eigenvalue weighted by molar-refractivity contribution is 5.37. The third kappa shape index (κ3) is 2.31. The van der Waals surface area contributed by atoms with Gasteiger partial charge in [0, 0.05) is 26.1 Å². The molecule has 0 radical (unpaired) electrons. The number of fused-ring (bicyclic) bond motifs is 1. The van der Waals surface area contributed by atoms with E-state index in [0.29, 0.717) is 18.2 Å².